The van der Waals surface area contributed by atoms with Gasteiger partial charge in [-0.1, -0.05) is 78.9 Å². The molecule has 2 N–H and O–H groups in total. The Kier molecular flexibility index (Phi) is 6.70. The van der Waals surface area contributed by atoms with Crippen LogP contribution in [0.15, 0.2) is 91.0 Å². The van der Waals surface area contributed by atoms with Crippen LogP contribution in [0.2, 0.25) is 0 Å². The maximum absolute atomic E-state index is 11.5. The van der Waals surface area contributed by atoms with Crippen molar-refractivity contribution in [1.82, 2.24) is 9.80 Å². The molecule has 5 rings (SSSR count). The van der Waals surface area contributed by atoms with Gasteiger partial charge in [0.05, 0.1) is 0 Å². The highest BCUT2D eigenvalue weighted by Gasteiger charge is 2.17. The second kappa shape index (κ2) is 10.2. The molecular formula is C30H31N3O. The maximum atomic E-state index is 11.5. The number of benzene rings is 4. The van der Waals surface area contributed by atoms with Crippen LogP contribution in [0.4, 0.5) is 0 Å². The summed E-state index contributed by atoms with van der Waals surface area (Å²) in [4.78, 5) is 16.6. The predicted octanol–water partition coefficient (Wildman–Crippen LogP) is 4.97. The Labute approximate surface area is 201 Å². The minimum absolute atomic E-state index is 0.394. The minimum atomic E-state index is -0.394. The highest BCUT2D eigenvalue weighted by Crippen LogP contribution is 2.22. The molecule has 1 fully saturated rings. The van der Waals surface area contributed by atoms with Gasteiger partial charge in [-0.25, -0.2) is 0 Å². The number of piperazine rings is 1. The van der Waals surface area contributed by atoms with Crippen LogP contribution in [-0.4, -0.2) is 48.4 Å². The van der Waals surface area contributed by atoms with E-state index in [-0.39, 0.29) is 0 Å². The number of carbonyl (C=O) groups is 1. The van der Waals surface area contributed by atoms with Crippen molar-refractivity contribution < 1.29 is 4.79 Å². The Bertz CT molecular complexity index is 1270. The van der Waals surface area contributed by atoms with Gasteiger partial charge >= 0.3 is 0 Å². The molecule has 0 unspecified atom stereocenters. The molecule has 1 aliphatic rings. The molecule has 4 nitrogen and oxygen atoms in total. The summed E-state index contributed by atoms with van der Waals surface area (Å²) < 4.78 is 0. The number of hydrogen-bond donors (Lipinski definition) is 1. The van der Waals surface area contributed by atoms with Gasteiger partial charge in [0.1, 0.15) is 0 Å². The summed E-state index contributed by atoms with van der Waals surface area (Å²) >= 11 is 0. The SMILES string of the molecule is NC(=O)c1cccc(-c2ccc(CN3CCN(CCc4ccc5ccccc5c4)CC3)cc2)c1. The fourth-order valence-corrected chi connectivity index (χ4v) is 4.77. The van der Waals surface area contributed by atoms with Crippen LogP contribution in [0.5, 0.6) is 0 Å². The van der Waals surface area contributed by atoms with Crippen LogP contribution in [0, 0.1) is 0 Å². The molecule has 0 spiro atoms. The van der Waals surface area contributed by atoms with E-state index < -0.39 is 5.91 Å². The lowest BCUT2D eigenvalue weighted by molar-refractivity contribution is 0.100. The van der Waals surface area contributed by atoms with Crippen molar-refractivity contribution in [3.05, 3.63) is 108 Å². The van der Waals surface area contributed by atoms with E-state index in [1.165, 1.54) is 21.9 Å². The molecule has 34 heavy (non-hydrogen) atoms. The van der Waals surface area contributed by atoms with Crippen molar-refractivity contribution in [2.75, 3.05) is 32.7 Å². The van der Waals surface area contributed by atoms with Crippen LogP contribution in [0.3, 0.4) is 0 Å². The first kappa shape index (κ1) is 22.3. The van der Waals surface area contributed by atoms with Gasteiger partial charge in [0.25, 0.3) is 0 Å². The highest BCUT2D eigenvalue weighted by molar-refractivity contribution is 5.94. The molecule has 1 amide bonds. The van der Waals surface area contributed by atoms with E-state index >= 15 is 0 Å². The molecule has 0 radical (unpaired) electrons. The zero-order valence-electron chi connectivity index (χ0n) is 19.5. The van der Waals surface area contributed by atoms with Crippen molar-refractivity contribution in [3.63, 3.8) is 0 Å². The van der Waals surface area contributed by atoms with Gasteiger partial charge in [0.2, 0.25) is 5.91 Å². The molecule has 0 aliphatic carbocycles. The summed E-state index contributed by atoms with van der Waals surface area (Å²) in [6.45, 7) is 6.52. The molecule has 4 heteroatoms. The van der Waals surface area contributed by atoms with Gasteiger partial charge in [-0.3, -0.25) is 9.69 Å². The average molecular weight is 450 g/mol. The zero-order valence-corrected chi connectivity index (χ0v) is 19.5. The lowest BCUT2D eigenvalue weighted by atomic mass is 10.0. The van der Waals surface area contributed by atoms with Gasteiger partial charge in [0.15, 0.2) is 0 Å². The Morgan fingerprint density at radius 2 is 1.38 bits per heavy atom. The first-order valence-corrected chi connectivity index (χ1v) is 12.1. The number of hydrogen-bond acceptors (Lipinski definition) is 3. The smallest absolute Gasteiger partial charge is 0.248 e. The van der Waals surface area contributed by atoms with Crippen molar-refractivity contribution in [2.24, 2.45) is 5.73 Å². The first-order chi connectivity index (χ1) is 16.6. The molecule has 1 aliphatic heterocycles. The molecule has 0 atom stereocenters. The van der Waals surface area contributed by atoms with Crippen LogP contribution in [0.1, 0.15) is 21.5 Å². The lowest BCUT2D eigenvalue weighted by Crippen LogP contribution is -2.46. The number of fused-ring (bicyclic) bond motifs is 1. The monoisotopic (exact) mass is 449 g/mol. The van der Waals surface area contributed by atoms with E-state index in [2.05, 4.69) is 76.5 Å². The number of amides is 1. The second-order valence-corrected chi connectivity index (χ2v) is 9.19. The third kappa shape index (κ3) is 5.36. The largest absolute Gasteiger partial charge is 0.366 e. The van der Waals surface area contributed by atoms with Crippen molar-refractivity contribution in [1.29, 1.82) is 0 Å². The number of rotatable bonds is 7. The lowest BCUT2D eigenvalue weighted by Gasteiger charge is -2.34. The summed E-state index contributed by atoms with van der Waals surface area (Å²) in [5.41, 5.74) is 10.8. The topological polar surface area (TPSA) is 49.6 Å². The molecule has 0 saturated carbocycles. The van der Waals surface area contributed by atoms with Crippen LogP contribution in [-0.2, 0) is 13.0 Å². The third-order valence-corrected chi connectivity index (χ3v) is 6.84. The van der Waals surface area contributed by atoms with Gasteiger partial charge in [-0.05, 0) is 51.6 Å². The normalized spacial score (nSPS) is 14.9. The Balaban J connectivity index is 1.11. The van der Waals surface area contributed by atoms with Crippen LogP contribution in [0.25, 0.3) is 21.9 Å². The minimum Gasteiger partial charge on any atom is -0.366 e. The van der Waals surface area contributed by atoms with E-state index in [0.29, 0.717) is 5.56 Å². The van der Waals surface area contributed by atoms with Gasteiger partial charge < -0.3 is 10.6 Å². The first-order valence-electron chi connectivity index (χ1n) is 12.1. The summed E-state index contributed by atoms with van der Waals surface area (Å²) in [7, 11) is 0. The standard InChI is InChI=1S/C30H31N3O/c31-30(34)29-7-3-6-28(21-29)26-12-9-24(10-13-26)22-33-18-16-32(17-19-33)15-14-23-8-11-25-4-1-2-5-27(25)20-23/h1-13,20-21H,14-19,22H2,(H2,31,34). The molecule has 4 aromatic carbocycles. The quantitative estimate of drug-likeness (QED) is 0.434. The summed E-state index contributed by atoms with van der Waals surface area (Å²) in [6.07, 6.45) is 1.10. The fourth-order valence-electron chi connectivity index (χ4n) is 4.77. The van der Waals surface area contributed by atoms with Gasteiger partial charge in [0, 0.05) is 44.8 Å². The third-order valence-electron chi connectivity index (χ3n) is 6.84. The van der Waals surface area contributed by atoms with E-state index in [1.54, 1.807) is 6.07 Å². The molecule has 0 aromatic heterocycles. The predicted molar refractivity (Wildman–Crippen MR) is 140 cm³/mol. The Hall–Kier alpha value is -3.47. The van der Waals surface area contributed by atoms with E-state index in [0.717, 1.165) is 56.8 Å². The molecule has 172 valence electrons. The van der Waals surface area contributed by atoms with E-state index in [4.69, 9.17) is 5.73 Å². The molecule has 0 bridgehead atoms. The molecule has 4 aromatic rings. The van der Waals surface area contributed by atoms with Crippen LogP contribution >= 0.6 is 0 Å². The summed E-state index contributed by atoms with van der Waals surface area (Å²) in [6, 6.07) is 31.6. The summed E-state index contributed by atoms with van der Waals surface area (Å²) in [5.74, 6) is -0.394. The van der Waals surface area contributed by atoms with E-state index in [9.17, 15) is 4.79 Å². The Morgan fingerprint density at radius 3 is 2.15 bits per heavy atom. The van der Waals surface area contributed by atoms with Gasteiger partial charge in [-0.2, -0.15) is 0 Å². The number of primary amides is 1. The highest BCUT2D eigenvalue weighted by atomic mass is 16.1. The number of nitrogens with two attached hydrogens (primary N) is 1. The van der Waals surface area contributed by atoms with Crippen molar-refractivity contribution in [2.45, 2.75) is 13.0 Å². The maximum Gasteiger partial charge on any atom is 0.248 e. The van der Waals surface area contributed by atoms with Crippen LogP contribution < -0.4 is 5.73 Å². The average Bonchev–Trinajstić information content (AvgIpc) is 2.89. The Morgan fingerprint density at radius 1 is 0.676 bits per heavy atom. The van der Waals surface area contributed by atoms with Crippen molar-refractivity contribution >= 4 is 16.7 Å². The molecule has 1 saturated heterocycles. The van der Waals surface area contributed by atoms with Gasteiger partial charge in [-0.15, -0.1) is 0 Å². The number of nitrogens with zero attached hydrogens (tertiary/aromatic N) is 2. The fraction of sp³-hybridized carbons (Fsp3) is 0.233. The molecular weight excluding hydrogens is 418 g/mol. The number of carbonyl (C=O) groups excluding carboxylic acids is 1. The summed E-state index contributed by atoms with van der Waals surface area (Å²) in [5, 5.41) is 2.64. The van der Waals surface area contributed by atoms with E-state index in [1.807, 2.05) is 18.2 Å². The van der Waals surface area contributed by atoms with Crippen molar-refractivity contribution in [3.8, 4) is 11.1 Å². The second-order valence-electron chi connectivity index (χ2n) is 9.19. The zero-order chi connectivity index (χ0) is 23.3. The molecule has 1 heterocycles.